The second-order valence-corrected chi connectivity index (χ2v) is 5.35. The van der Waals surface area contributed by atoms with E-state index in [9.17, 15) is 0 Å². The lowest BCUT2D eigenvalue weighted by Gasteiger charge is -2.14. The van der Waals surface area contributed by atoms with Gasteiger partial charge in [-0.2, -0.15) is 0 Å². The third kappa shape index (κ3) is 3.43. The maximum absolute atomic E-state index is 6.09. The molecule has 3 rings (SSSR count). The van der Waals surface area contributed by atoms with E-state index in [1.807, 2.05) is 61.5 Å². The van der Waals surface area contributed by atoms with Gasteiger partial charge in [-0.25, -0.2) is 0 Å². The normalized spacial score (nSPS) is 10.4. The molecular weight excluding hydrogens is 300 g/mol. The van der Waals surface area contributed by atoms with E-state index in [0.717, 1.165) is 22.6 Å². The molecule has 0 bridgehead atoms. The largest absolute Gasteiger partial charge is 0.493 e. The molecule has 0 saturated heterocycles. The Morgan fingerprint density at radius 1 is 0.792 bits per heavy atom. The zero-order valence-electron chi connectivity index (χ0n) is 13.5. The maximum atomic E-state index is 6.09. The molecule has 0 saturated carbocycles. The standard InChI is InChI=1S/C20H20N2O2/c1-2-23-20-13-16(24-15-9-7-14(21)8-10-15)11-12-18(20)17-5-3-4-6-19(17)22/h3-13H,2,21-22H2,1H3. The van der Waals surface area contributed by atoms with Crippen molar-refractivity contribution in [3.05, 3.63) is 66.7 Å². The summed E-state index contributed by atoms with van der Waals surface area (Å²) < 4.78 is 11.7. The van der Waals surface area contributed by atoms with E-state index in [0.29, 0.717) is 23.7 Å². The Balaban J connectivity index is 1.95. The van der Waals surface area contributed by atoms with E-state index >= 15 is 0 Å². The molecule has 0 aromatic heterocycles. The highest BCUT2D eigenvalue weighted by atomic mass is 16.5. The number of para-hydroxylation sites is 1. The molecule has 0 spiro atoms. The second kappa shape index (κ2) is 6.96. The van der Waals surface area contributed by atoms with Crippen LogP contribution >= 0.6 is 0 Å². The SMILES string of the molecule is CCOc1cc(Oc2ccc(N)cc2)ccc1-c1ccccc1N. The van der Waals surface area contributed by atoms with Crippen LogP contribution in [0.2, 0.25) is 0 Å². The summed E-state index contributed by atoms with van der Waals surface area (Å²) in [6, 6.07) is 20.7. The molecule has 0 fully saturated rings. The summed E-state index contributed by atoms with van der Waals surface area (Å²) in [7, 11) is 0. The summed E-state index contributed by atoms with van der Waals surface area (Å²) >= 11 is 0. The van der Waals surface area contributed by atoms with Crippen LogP contribution in [0.1, 0.15) is 6.92 Å². The van der Waals surface area contributed by atoms with Crippen LogP contribution in [-0.2, 0) is 0 Å². The lowest BCUT2D eigenvalue weighted by molar-refractivity contribution is 0.339. The van der Waals surface area contributed by atoms with Gasteiger partial charge in [0, 0.05) is 28.6 Å². The van der Waals surface area contributed by atoms with Crippen LogP contribution in [0.15, 0.2) is 66.7 Å². The summed E-state index contributed by atoms with van der Waals surface area (Å²) in [5.41, 5.74) is 15.1. The van der Waals surface area contributed by atoms with Crippen molar-refractivity contribution in [3.63, 3.8) is 0 Å². The first kappa shape index (κ1) is 15.7. The van der Waals surface area contributed by atoms with E-state index < -0.39 is 0 Å². The fourth-order valence-electron chi connectivity index (χ4n) is 2.48. The number of anilines is 2. The summed E-state index contributed by atoms with van der Waals surface area (Å²) in [6.07, 6.45) is 0. The van der Waals surface area contributed by atoms with Crippen molar-refractivity contribution in [2.24, 2.45) is 0 Å². The first-order chi connectivity index (χ1) is 11.7. The van der Waals surface area contributed by atoms with Crippen molar-refractivity contribution in [2.75, 3.05) is 18.1 Å². The highest BCUT2D eigenvalue weighted by Crippen LogP contribution is 2.37. The minimum Gasteiger partial charge on any atom is -0.493 e. The predicted octanol–water partition coefficient (Wildman–Crippen LogP) is 4.71. The number of nitrogens with two attached hydrogens (primary N) is 2. The molecule has 0 heterocycles. The number of ether oxygens (including phenoxy) is 2. The average molecular weight is 320 g/mol. The van der Waals surface area contributed by atoms with Gasteiger partial charge >= 0.3 is 0 Å². The van der Waals surface area contributed by atoms with Crippen molar-refractivity contribution in [2.45, 2.75) is 6.92 Å². The van der Waals surface area contributed by atoms with Crippen molar-refractivity contribution < 1.29 is 9.47 Å². The van der Waals surface area contributed by atoms with Crippen LogP contribution in [0.5, 0.6) is 17.2 Å². The monoisotopic (exact) mass is 320 g/mol. The van der Waals surface area contributed by atoms with E-state index in [-0.39, 0.29) is 0 Å². The third-order valence-electron chi connectivity index (χ3n) is 3.62. The van der Waals surface area contributed by atoms with Crippen molar-refractivity contribution in [3.8, 4) is 28.4 Å². The number of rotatable bonds is 5. The molecule has 4 nitrogen and oxygen atoms in total. The molecule has 0 aliphatic carbocycles. The van der Waals surface area contributed by atoms with Crippen LogP contribution in [0.3, 0.4) is 0 Å². The second-order valence-electron chi connectivity index (χ2n) is 5.35. The van der Waals surface area contributed by atoms with Crippen LogP contribution in [0.4, 0.5) is 11.4 Å². The quantitative estimate of drug-likeness (QED) is 0.668. The van der Waals surface area contributed by atoms with Crippen LogP contribution in [-0.4, -0.2) is 6.61 Å². The molecule has 0 atom stereocenters. The smallest absolute Gasteiger partial charge is 0.131 e. The highest BCUT2D eigenvalue weighted by Gasteiger charge is 2.11. The summed E-state index contributed by atoms with van der Waals surface area (Å²) in [4.78, 5) is 0. The highest BCUT2D eigenvalue weighted by molar-refractivity contribution is 5.81. The van der Waals surface area contributed by atoms with Gasteiger partial charge in [0.15, 0.2) is 0 Å². The summed E-state index contributed by atoms with van der Waals surface area (Å²) in [6.45, 7) is 2.51. The Hall–Kier alpha value is -3.14. The number of nitrogen functional groups attached to an aromatic ring is 2. The molecule has 0 unspecified atom stereocenters. The Bertz CT molecular complexity index is 829. The Morgan fingerprint density at radius 3 is 2.21 bits per heavy atom. The van der Waals surface area contributed by atoms with Gasteiger partial charge < -0.3 is 20.9 Å². The molecule has 3 aromatic carbocycles. The molecule has 122 valence electrons. The van der Waals surface area contributed by atoms with Gasteiger partial charge in [0.1, 0.15) is 17.2 Å². The van der Waals surface area contributed by atoms with Crippen LogP contribution in [0.25, 0.3) is 11.1 Å². The molecule has 24 heavy (non-hydrogen) atoms. The van der Waals surface area contributed by atoms with Crippen molar-refractivity contribution in [1.82, 2.24) is 0 Å². The Morgan fingerprint density at radius 2 is 1.50 bits per heavy atom. The molecule has 4 N–H and O–H groups in total. The first-order valence-electron chi connectivity index (χ1n) is 7.82. The molecule has 0 aliphatic heterocycles. The van der Waals surface area contributed by atoms with E-state index in [1.165, 1.54) is 0 Å². The van der Waals surface area contributed by atoms with Gasteiger partial charge in [-0.1, -0.05) is 18.2 Å². The van der Waals surface area contributed by atoms with Crippen molar-refractivity contribution >= 4 is 11.4 Å². The van der Waals surface area contributed by atoms with Gasteiger partial charge in [0.25, 0.3) is 0 Å². The minimum absolute atomic E-state index is 0.561. The summed E-state index contributed by atoms with van der Waals surface area (Å²) in [5, 5.41) is 0. The molecule has 0 aliphatic rings. The minimum atomic E-state index is 0.561. The van der Waals surface area contributed by atoms with E-state index in [4.69, 9.17) is 20.9 Å². The van der Waals surface area contributed by atoms with Gasteiger partial charge in [-0.05, 0) is 49.4 Å². The zero-order chi connectivity index (χ0) is 16.9. The number of benzene rings is 3. The fraction of sp³-hybridized carbons (Fsp3) is 0.100. The van der Waals surface area contributed by atoms with Crippen LogP contribution < -0.4 is 20.9 Å². The van der Waals surface area contributed by atoms with Crippen molar-refractivity contribution in [1.29, 1.82) is 0 Å². The maximum Gasteiger partial charge on any atom is 0.131 e. The number of hydrogen-bond donors (Lipinski definition) is 2. The molecular formula is C20H20N2O2. The van der Waals surface area contributed by atoms with E-state index in [2.05, 4.69) is 0 Å². The average Bonchev–Trinajstić information content (AvgIpc) is 2.58. The molecule has 3 aromatic rings. The topological polar surface area (TPSA) is 70.5 Å². The third-order valence-corrected chi connectivity index (χ3v) is 3.62. The Labute approximate surface area is 141 Å². The van der Waals surface area contributed by atoms with E-state index in [1.54, 1.807) is 12.1 Å². The van der Waals surface area contributed by atoms with Gasteiger partial charge in [-0.15, -0.1) is 0 Å². The van der Waals surface area contributed by atoms with Gasteiger partial charge in [0.05, 0.1) is 6.61 Å². The number of hydrogen-bond acceptors (Lipinski definition) is 4. The zero-order valence-corrected chi connectivity index (χ0v) is 13.5. The molecule has 0 amide bonds. The predicted molar refractivity (Wildman–Crippen MR) is 98.4 cm³/mol. The first-order valence-corrected chi connectivity index (χ1v) is 7.82. The molecule has 0 radical (unpaired) electrons. The Kier molecular flexibility index (Phi) is 4.57. The lowest BCUT2D eigenvalue weighted by Crippen LogP contribution is -1.97. The summed E-state index contributed by atoms with van der Waals surface area (Å²) in [5.74, 6) is 2.16. The lowest BCUT2D eigenvalue weighted by atomic mass is 10.0. The van der Waals surface area contributed by atoms with Crippen LogP contribution in [0, 0.1) is 0 Å². The fourth-order valence-corrected chi connectivity index (χ4v) is 2.48. The van der Waals surface area contributed by atoms with Gasteiger partial charge in [0.2, 0.25) is 0 Å². The van der Waals surface area contributed by atoms with Gasteiger partial charge in [-0.3, -0.25) is 0 Å². The molecule has 4 heteroatoms.